The molecule has 1 rings (SSSR count). The van der Waals surface area contributed by atoms with Gasteiger partial charge >= 0.3 is 11.9 Å². The molecular weight excluding hydrogens is 292 g/mol. The fraction of sp³-hybridized carbons (Fsp3) is 0.579. The third-order valence-electron chi connectivity index (χ3n) is 4.15. The highest BCUT2D eigenvalue weighted by Gasteiger charge is 2.16. The van der Waals surface area contributed by atoms with E-state index in [0.29, 0.717) is 6.61 Å². The first-order chi connectivity index (χ1) is 11.1. The van der Waals surface area contributed by atoms with Crippen molar-refractivity contribution in [3.05, 3.63) is 35.4 Å². The number of carbonyl (C=O) groups excluding carboxylic acids is 1. The number of unbranched alkanes of at least 4 members (excludes halogenated alkanes) is 4. The van der Waals surface area contributed by atoms with Crippen molar-refractivity contribution >= 4 is 11.9 Å². The van der Waals surface area contributed by atoms with Gasteiger partial charge in [0.1, 0.15) is 0 Å². The number of carboxylic acid groups (broad SMARTS) is 1. The molecule has 0 aliphatic heterocycles. The molecule has 0 radical (unpaired) electrons. The lowest BCUT2D eigenvalue weighted by Crippen LogP contribution is -2.12. The molecule has 0 saturated heterocycles. The number of rotatable bonds is 11. The molecule has 0 spiro atoms. The van der Waals surface area contributed by atoms with Crippen LogP contribution in [0.15, 0.2) is 24.3 Å². The van der Waals surface area contributed by atoms with Gasteiger partial charge in [0.05, 0.1) is 17.7 Å². The van der Waals surface area contributed by atoms with Crippen molar-refractivity contribution in [1.82, 2.24) is 0 Å². The predicted molar refractivity (Wildman–Crippen MR) is 90.8 cm³/mol. The van der Waals surface area contributed by atoms with Crippen LogP contribution in [0.3, 0.4) is 0 Å². The monoisotopic (exact) mass is 320 g/mol. The minimum absolute atomic E-state index is 0.0115. The molecule has 1 aromatic carbocycles. The van der Waals surface area contributed by atoms with Gasteiger partial charge in [-0.1, -0.05) is 64.5 Å². The predicted octanol–water partition coefficient (Wildman–Crippen LogP) is 4.93. The van der Waals surface area contributed by atoms with Crippen molar-refractivity contribution in [2.45, 2.75) is 58.8 Å². The van der Waals surface area contributed by atoms with E-state index in [0.717, 1.165) is 25.2 Å². The van der Waals surface area contributed by atoms with Crippen LogP contribution >= 0.6 is 0 Å². The molecule has 0 heterocycles. The van der Waals surface area contributed by atoms with Crippen LogP contribution in [0.5, 0.6) is 0 Å². The first-order valence-corrected chi connectivity index (χ1v) is 8.55. The Bertz CT molecular complexity index is 496. The number of hydrogen-bond donors (Lipinski definition) is 1. The van der Waals surface area contributed by atoms with Gasteiger partial charge < -0.3 is 9.84 Å². The van der Waals surface area contributed by atoms with E-state index < -0.39 is 11.9 Å². The Morgan fingerprint density at radius 3 is 2.30 bits per heavy atom. The van der Waals surface area contributed by atoms with Gasteiger partial charge in [0.25, 0.3) is 0 Å². The number of benzene rings is 1. The zero-order valence-electron chi connectivity index (χ0n) is 14.2. The van der Waals surface area contributed by atoms with Crippen LogP contribution in [-0.4, -0.2) is 23.7 Å². The number of aromatic carboxylic acids is 1. The van der Waals surface area contributed by atoms with Crippen molar-refractivity contribution in [2.24, 2.45) is 5.92 Å². The highest BCUT2D eigenvalue weighted by atomic mass is 16.5. The molecule has 0 fully saturated rings. The van der Waals surface area contributed by atoms with Crippen molar-refractivity contribution in [2.75, 3.05) is 6.61 Å². The van der Waals surface area contributed by atoms with E-state index in [2.05, 4.69) is 13.8 Å². The van der Waals surface area contributed by atoms with Crippen LogP contribution in [0, 0.1) is 5.92 Å². The van der Waals surface area contributed by atoms with Gasteiger partial charge in [-0.25, -0.2) is 9.59 Å². The number of ether oxygens (including phenoxy) is 1. The molecule has 0 aliphatic carbocycles. The van der Waals surface area contributed by atoms with Crippen molar-refractivity contribution in [1.29, 1.82) is 0 Å². The Balaban J connectivity index is 2.19. The average Bonchev–Trinajstić information content (AvgIpc) is 2.56. The number of carboxylic acids is 1. The number of carbonyl (C=O) groups is 2. The molecule has 0 aliphatic rings. The fourth-order valence-corrected chi connectivity index (χ4v) is 2.42. The molecule has 23 heavy (non-hydrogen) atoms. The van der Waals surface area contributed by atoms with Gasteiger partial charge in [-0.15, -0.1) is 0 Å². The Morgan fingerprint density at radius 2 is 1.65 bits per heavy atom. The quantitative estimate of drug-likeness (QED) is 0.464. The van der Waals surface area contributed by atoms with Gasteiger partial charge in [0.2, 0.25) is 0 Å². The Morgan fingerprint density at radius 1 is 1.04 bits per heavy atom. The maximum Gasteiger partial charge on any atom is 0.339 e. The minimum atomic E-state index is -1.11. The number of esters is 1. The summed E-state index contributed by atoms with van der Waals surface area (Å²) in [6.07, 6.45) is 8.03. The zero-order valence-corrected chi connectivity index (χ0v) is 14.2. The summed E-state index contributed by atoms with van der Waals surface area (Å²) >= 11 is 0. The lowest BCUT2D eigenvalue weighted by Gasteiger charge is -2.08. The summed E-state index contributed by atoms with van der Waals surface area (Å²) in [6.45, 7) is 4.86. The van der Waals surface area contributed by atoms with E-state index in [1.54, 1.807) is 12.1 Å². The summed E-state index contributed by atoms with van der Waals surface area (Å²) in [5, 5.41) is 9.06. The molecule has 4 heteroatoms. The smallest absolute Gasteiger partial charge is 0.339 e. The Kier molecular flexibility index (Phi) is 9.03. The molecular formula is C19H28O4. The molecule has 1 atom stereocenters. The topological polar surface area (TPSA) is 63.6 Å². The van der Waals surface area contributed by atoms with Crippen molar-refractivity contribution in [3.63, 3.8) is 0 Å². The van der Waals surface area contributed by atoms with Gasteiger partial charge in [-0.3, -0.25) is 0 Å². The summed E-state index contributed by atoms with van der Waals surface area (Å²) in [5.41, 5.74) is 0.107. The molecule has 1 N–H and O–H groups in total. The summed E-state index contributed by atoms with van der Waals surface area (Å²) in [6, 6.07) is 6.14. The summed E-state index contributed by atoms with van der Waals surface area (Å²) in [7, 11) is 0. The van der Waals surface area contributed by atoms with Crippen LogP contribution in [0.4, 0.5) is 0 Å². The largest absolute Gasteiger partial charge is 0.478 e. The average molecular weight is 320 g/mol. The number of hydrogen-bond acceptors (Lipinski definition) is 3. The second-order valence-corrected chi connectivity index (χ2v) is 6.06. The van der Waals surface area contributed by atoms with E-state index in [4.69, 9.17) is 9.84 Å². The van der Waals surface area contributed by atoms with Gasteiger partial charge in [0, 0.05) is 0 Å². The molecule has 1 aromatic rings. The van der Waals surface area contributed by atoms with Crippen LogP contribution in [0.1, 0.15) is 79.5 Å². The third kappa shape index (κ3) is 7.31. The van der Waals surface area contributed by atoms with Crippen molar-refractivity contribution in [3.8, 4) is 0 Å². The molecule has 1 unspecified atom stereocenters. The SMILES string of the molecule is CCC(C)CCCCCCCOC(=O)c1ccccc1C(=O)O. The van der Waals surface area contributed by atoms with E-state index in [-0.39, 0.29) is 11.1 Å². The summed E-state index contributed by atoms with van der Waals surface area (Å²) < 4.78 is 5.18. The van der Waals surface area contributed by atoms with Crippen molar-refractivity contribution < 1.29 is 19.4 Å². The van der Waals surface area contributed by atoms with Gasteiger partial charge in [-0.05, 0) is 24.5 Å². The summed E-state index contributed by atoms with van der Waals surface area (Å²) in [4.78, 5) is 23.0. The lowest BCUT2D eigenvalue weighted by atomic mass is 10.0. The molecule has 128 valence electrons. The third-order valence-corrected chi connectivity index (χ3v) is 4.15. The zero-order chi connectivity index (χ0) is 17.1. The maximum absolute atomic E-state index is 11.9. The van der Waals surface area contributed by atoms with Gasteiger partial charge in [0.15, 0.2) is 0 Å². The summed E-state index contributed by atoms with van der Waals surface area (Å²) in [5.74, 6) is -0.858. The second-order valence-electron chi connectivity index (χ2n) is 6.06. The first-order valence-electron chi connectivity index (χ1n) is 8.55. The van der Waals surface area contributed by atoms with Crippen LogP contribution in [0.25, 0.3) is 0 Å². The van der Waals surface area contributed by atoms with Crippen LogP contribution in [-0.2, 0) is 4.74 Å². The van der Waals surface area contributed by atoms with Gasteiger partial charge in [-0.2, -0.15) is 0 Å². The minimum Gasteiger partial charge on any atom is -0.478 e. The normalized spacial score (nSPS) is 11.9. The van der Waals surface area contributed by atoms with Crippen LogP contribution in [0.2, 0.25) is 0 Å². The van der Waals surface area contributed by atoms with E-state index >= 15 is 0 Å². The lowest BCUT2D eigenvalue weighted by molar-refractivity contribution is 0.0487. The van der Waals surface area contributed by atoms with E-state index in [1.807, 2.05) is 0 Å². The molecule has 0 aromatic heterocycles. The standard InChI is InChI=1S/C19H28O4/c1-3-15(2)11-7-5-4-6-10-14-23-19(22)17-13-9-8-12-16(17)18(20)21/h8-9,12-13,15H,3-7,10-11,14H2,1-2H3,(H,20,21). The Labute approximate surface area is 138 Å². The fourth-order valence-electron chi connectivity index (χ4n) is 2.42. The highest BCUT2D eigenvalue weighted by Crippen LogP contribution is 2.14. The highest BCUT2D eigenvalue weighted by molar-refractivity contribution is 6.02. The van der Waals surface area contributed by atoms with E-state index in [9.17, 15) is 9.59 Å². The first kappa shape index (κ1) is 19.2. The Hall–Kier alpha value is -1.84. The van der Waals surface area contributed by atoms with E-state index in [1.165, 1.54) is 37.8 Å². The molecule has 4 nitrogen and oxygen atoms in total. The molecule has 0 amide bonds. The second kappa shape index (κ2) is 10.8. The maximum atomic E-state index is 11.9. The molecule has 0 bridgehead atoms. The molecule has 0 saturated carbocycles. The van der Waals surface area contributed by atoms with Crippen LogP contribution < -0.4 is 0 Å².